The third kappa shape index (κ3) is 5.83. The maximum absolute atomic E-state index is 12.3. The van der Waals surface area contributed by atoms with Crippen LogP contribution in [0.5, 0.6) is 11.5 Å². The van der Waals surface area contributed by atoms with Crippen molar-refractivity contribution in [3.8, 4) is 11.5 Å². The largest absolute Gasteiger partial charge is 0.573 e. The number of halogens is 3. The number of benzene rings is 2. The number of hydrogen-bond acceptors (Lipinski definition) is 6. The fraction of sp³-hybridized carbons (Fsp3) is 0.105. The molecule has 0 unspecified atom stereocenters. The lowest BCUT2D eigenvalue weighted by Gasteiger charge is -2.11. The van der Waals surface area contributed by atoms with E-state index in [1.807, 2.05) is 0 Å². The summed E-state index contributed by atoms with van der Waals surface area (Å²) < 4.78 is 45.5. The Balaban J connectivity index is 1.65. The molecule has 0 saturated heterocycles. The first-order chi connectivity index (χ1) is 13.8. The average molecular weight is 404 g/mol. The maximum Gasteiger partial charge on any atom is 0.573 e. The van der Waals surface area contributed by atoms with E-state index in [1.165, 1.54) is 43.8 Å². The Kier molecular flexibility index (Phi) is 5.82. The molecule has 0 fully saturated rings. The van der Waals surface area contributed by atoms with E-state index < -0.39 is 6.36 Å². The number of anilines is 3. The maximum atomic E-state index is 12.3. The Hall–Kier alpha value is -3.82. The molecule has 0 radical (unpaired) electrons. The average Bonchev–Trinajstić information content (AvgIpc) is 2.69. The molecule has 1 amide bonds. The van der Waals surface area contributed by atoms with Gasteiger partial charge in [-0.3, -0.25) is 4.79 Å². The van der Waals surface area contributed by atoms with Crippen LogP contribution < -0.4 is 20.1 Å². The van der Waals surface area contributed by atoms with E-state index in [4.69, 9.17) is 4.74 Å². The zero-order chi connectivity index (χ0) is 20.9. The molecule has 0 saturated carbocycles. The SMILES string of the molecule is COc1ccc(C(=O)Nc2cc(Nc3ccc(OC(F)(F)F)cc3)ncn2)cc1. The van der Waals surface area contributed by atoms with Crippen molar-refractivity contribution in [2.75, 3.05) is 17.7 Å². The van der Waals surface area contributed by atoms with Crippen LogP contribution in [0, 0.1) is 0 Å². The number of methoxy groups -OCH3 is 1. The second-order valence-corrected chi connectivity index (χ2v) is 5.67. The van der Waals surface area contributed by atoms with Gasteiger partial charge in [-0.15, -0.1) is 13.2 Å². The minimum absolute atomic E-state index is 0.250. The van der Waals surface area contributed by atoms with E-state index in [-0.39, 0.29) is 17.5 Å². The van der Waals surface area contributed by atoms with E-state index in [9.17, 15) is 18.0 Å². The van der Waals surface area contributed by atoms with Crippen LogP contribution >= 0.6 is 0 Å². The van der Waals surface area contributed by atoms with Gasteiger partial charge in [-0.1, -0.05) is 0 Å². The molecular weight excluding hydrogens is 389 g/mol. The van der Waals surface area contributed by atoms with Crippen LogP contribution in [0.4, 0.5) is 30.5 Å². The lowest BCUT2D eigenvalue weighted by atomic mass is 10.2. The highest BCUT2D eigenvalue weighted by Crippen LogP contribution is 2.25. The molecule has 0 aliphatic rings. The standard InChI is InChI=1S/C19H15F3N4O3/c1-28-14-6-2-12(3-7-14)18(27)26-17-10-16(23-11-24-17)25-13-4-8-15(9-5-13)29-19(20,21)22/h2-11H,1H3,(H2,23,24,25,26,27). The molecule has 29 heavy (non-hydrogen) atoms. The van der Waals surface area contributed by atoms with Gasteiger partial charge in [0.2, 0.25) is 0 Å². The molecule has 1 aromatic heterocycles. The normalized spacial score (nSPS) is 10.9. The molecule has 2 aromatic carbocycles. The van der Waals surface area contributed by atoms with Crippen molar-refractivity contribution in [1.82, 2.24) is 9.97 Å². The van der Waals surface area contributed by atoms with Gasteiger partial charge in [0.1, 0.15) is 29.5 Å². The number of nitrogens with zero attached hydrogens (tertiary/aromatic N) is 2. The Bertz CT molecular complexity index is 977. The number of hydrogen-bond donors (Lipinski definition) is 2. The minimum Gasteiger partial charge on any atom is -0.497 e. The number of ether oxygens (including phenoxy) is 2. The lowest BCUT2D eigenvalue weighted by molar-refractivity contribution is -0.274. The monoisotopic (exact) mass is 404 g/mol. The van der Waals surface area contributed by atoms with Crippen LogP contribution in [0.15, 0.2) is 60.9 Å². The number of nitrogens with one attached hydrogen (secondary N) is 2. The zero-order valence-electron chi connectivity index (χ0n) is 15.0. The van der Waals surface area contributed by atoms with Gasteiger partial charge in [0.15, 0.2) is 0 Å². The van der Waals surface area contributed by atoms with Crippen LogP contribution in [-0.4, -0.2) is 29.3 Å². The Morgan fingerprint density at radius 3 is 2.17 bits per heavy atom. The highest BCUT2D eigenvalue weighted by Gasteiger charge is 2.30. The molecule has 0 aliphatic heterocycles. The molecule has 0 bridgehead atoms. The second kappa shape index (κ2) is 8.46. The topological polar surface area (TPSA) is 85.4 Å². The van der Waals surface area contributed by atoms with Gasteiger partial charge >= 0.3 is 6.36 Å². The molecule has 0 spiro atoms. The highest BCUT2D eigenvalue weighted by molar-refractivity contribution is 6.03. The van der Waals surface area contributed by atoms with E-state index in [1.54, 1.807) is 24.3 Å². The van der Waals surface area contributed by atoms with Crippen molar-refractivity contribution in [2.45, 2.75) is 6.36 Å². The van der Waals surface area contributed by atoms with Crippen LogP contribution in [-0.2, 0) is 0 Å². The summed E-state index contributed by atoms with van der Waals surface area (Å²) in [6.45, 7) is 0. The third-order valence-electron chi connectivity index (χ3n) is 3.62. The van der Waals surface area contributed by atoms with Crippen molar-refractivity contribution in [3.05, 3.63) is 66.5 Å². The Morgan fingerprint density at radius 1 is 0.931 bits per heavy atom. The first kappa shape index (κ1) is 19.9. The van der Waals surface area contributed by atoms with E-state index >= 15 is 0 Å². The third-order valence-corrected chi connectivity index (χ3v) is 3.62. The van der Waals surface area contributed by atoms with Gasteiger partial charge < -0.3 is 20.1 Å². The van der Waals surface area contributed by atoms with E-state index in [0.717, 1.165) is 0 Å². The number of rotatable bonds is 6. The Labute approximate surface area is 163 Å². The van der Waals surface area contributed by atoms with Gasteiger partial charge in [-0.05, 0) is 48.5 Å². The van der Waals surface area contributed by atoms with Crippen molar-refractivity contribution < 1.29 is 27.4 Å². The molecule has 3 rings (SSSR count). The fourth-order valence-corrected chi connectivity index (χ4v) is 2.31. The first-order valence-electron chi connectivity index (χ1n) is 8.23. The summed E-state index contributed by atoms with van der Waals surface area (Å²) in [7, 11) is 1.53. The van der Waals surface area contributed by atoms with Crippen molar-refractivity contribution in [3.63, 3.8) is 0 Å². The second-order valence-electron chi connectivity index (χ2n) is 5.67. The van der Waals surface area contributed by atoms with Gasteiger partial charge in [0.25, 0.3) is 5.91 Å². The van der Waals surface area contributed by atoms with Crippen molar-refractivity contribution in [2.24, 2.45) is 0 Å². The molecular formula is C19H15F3N4O3. The molecule has 2 N–H and O–H groups in total. The van der Waals surface area contributed by atoms with Gasteiger partial charge in [-0.25, -0.2) is 9.97 Å². The summed E-state index contributed by atoms with van der Waals surface area (Å²) in [4.78, 5) is 20.3. The Morgan fingerprint density at radius 2 is 1.55 bits per heavy atom. The predicted molar refractivity (Wildman–Crippen MR) is 99.4 cm³/mol. The molecule has 3 aromatic rings. The number of alkyl halides is 3. The molecule has 7 nitrogen and oxygen atoms in total. The van der Waals surface area contributed by atoms with Gasteiger partial charge in [0, 0.05) is 17.3 Å². The van der Waals surface area contributed by atoms with Gasteiger partial charge in [0.05, 0.1) is 7.11 Å². The summed E-state index contributed by atoms with van der Waals surface area (Å²) >= 11 is 0. The van der Waals surface area contributed by atoms with Crippen LogP contribution in [0.1, 0.15) is 10.4 Å². The minimum atomic E-state index is -4.75. The molecule has 1 heterocycles. The summed E-state index contributed by atoms with van der Waals surface area (Å²) in [5, 5.41) is 5.55. The van der Waals surface area contributed by atoms with Gasteiger partial charge in [-0.2, -0.15) is 0 Å². The van der Waals surface area contributed by atoms with Crippen molar-refractivity contribution >= 4 is 23.2 Å². The first-order valence-corrected chi connectivity index (χ1v) is 8.23. The highest BCUT2D eigenvalue weighted by atomic mass is 19.4. The van der Waals surface area contributed by atoms with Crippen LogP contribution in [0.3, 0.4) is 0 Å². The molecule has 0 atom stereocenters. The van der Waals surface area contributed by atoms with Crippen LogP contribution in [0.25, 0.3) is 0 Å². The fourth-order valence-electron chi connectivity index (χ4n) is 2.31. The molecule has 0 aliphatic carbocycles. The van der Waals surface area contributed by atoms with E-state index in [2.05, 4.69) is 25.3 Å². The number of amides is 1. The number of carbonyl (C=O) groups excluding carboxylic acids is 1. The summed E-state index contributed by atoms with van der Waals surface area (Å²) in [5.74, 6) is 0.515. The quantitative estimate of drug-likeness (QED) is 0.634. The number of carbonyl (C=O) groups is 1. The lowest BCUT2D eigenvalue weighted by Crippen LogP contribution is -2.17. The smallest absolute Gasteiger partial charge is 0.497 e. The number of aromatic nitrogens is 2. The zero-order valence-corrected chi connectivity index (χ0v) is 15.0. The van der Waals surface area contributed by atoms with Crippen LogP contribution in [0.2, 0.25) is 0 Å². The predicted octanol–water partition coefficient (Wildman–Crippen LogP) is 4.38. The summed E-state index contributed by atoms with van der Waals surface area (Å²) in [5.41, 5.74) is 0.893. The van der Waals surface area contributed by atoms with E-state index in [0.29, 0.717) is 22.8 Å². The molecule has 10 heteroatoms. The summed E-state index contributed by atoms with van der Waals surface area (Å²) in [6, 6.07) is 13.2. The van der Waals surface area contributed by atoms with Crippen molar-refractivity contribution in [1.29, 1.82) is 0 Å². The molecule has 150 valence electrons. The summed E-state index contributed by atoms with van der Waals surface area (Å²) in [6.07, 6.45) is -3.51.